The van der Waals surface area contributed by atoms with E-state index in [4.69, 9.17) is 0 Å². The molecule has 17 heavy (non-hydrogen) atoms. The summed E-state index contributed by atoms with van der Waals surface area (Å²) >= 11 is 3.44. The summed E-state index contributed by atoms with van der Waals surface area (Å²) in [5.74, 6) is 0.0192. The highest BCUT2D eigenvalue weighted by Gasteiger charge is 2.18. The minimum atomic E-state index is 0.0192. The quantitative estimate of drug-likeness (QED) is 0.828. The summed E-state index contributed by atoms with van der Waals surface area (Å²) in [6, 6.07) is 7.66. The van der Waals surface area contributed by atoms with Crippen LogP contribution in [0.5, 0.6) is 0 Å². The topological polar surface area (TPSA) is 29.1 Å². The Balaban J connectivity index is 2.59. The molecular formula is C14H20BrNO. The van der Waals surface area contributed by atoms with Gasteiger partial charge in [-0.25, -0.2) is 0 Å². The third kappa shape index (κ3) is 4.50. The lowest BCUT2D eigenvalue weighted by Crippen LogP contribution is -2.34. The van der Waals surface area contributed by atoms with Gasteiger partial charge in [0.2, 0.25) is 0 Å². The van der Waals surface area contributed by atoms with Gasteiger partial charge in [0.15, 0.2) is 0 Å². The van der Waals surface area contributed by atoms with Crippen molar-refractivity contribution in [1.29, 1.82) is 0 Å². The van der Waals surface area contributed by atoms with Crippen LogP contribution < -0.4 is 5.32 Å². The van der Waals surface area contributed by atoms with Crippen LogP contribution in [0.25, 0.3) is 0 Å². The van der Waals surface area contributed by atoms with Crippen LogP contribution in [0.15, 0.2) is 24.3 Å². The highest BCUT2D eigenvalue weighted by Crippen LogP contribution is 2.20. The normalized spacial score (nSPS) is 11.3. The van der Waals surface area contributed by atoms with E-state index in [1.54, 1.807) is 0 Å². The average molecular weight is 298 g/mol. The Morgan fingerprint density at radius 1 is 1.35 bits per heavy atom. The van der Waals surface area contributed by atoms with Gasteiger partial charge in [-0.3, -0.25) is 4.79 Å². The Morgan fingerprint density at radius 2 is 2.00 bits per heavy atom. The van der Waals surface area contributed by atoms with Gasteiger partial charge in [0.25, 0.3) is 5.91 Å². The van der Waals surface area contributed by atoms with E-state index in [1.807, 2.05) is 31.2 Å². The lowest BCUT2D eigenvalue weighted by atomic mass is 9.90. The SMILES string of the molecule is Cc1ccccc1C(=O)NCC(C)(C)CCBr. The van der Waals surface area contributed by atoms with Crippen molar-refractivity contribution in [3.63, 3.8) is 0 Å². The minimum absolute atomic E-state index is 0.0192. The summed E-state index contributed by atoms with van der Waals surface area (Å²) in [4.78, 5) is 12.0. The van der Waals surface area contributed by atoms with Gasteiger partial charge in [0.05, 0.1) is 0 Å². The van der Waals surface area contributed by atoms with Crippen molar-refractivity contribution in [3.05, 3.63) is 35.4 Å². The van der Waals surface area contributed by atoms with E-state index in [0.29, 0.717) is 6.54 Å². The summed E-state index contributed by atoms with van der Waals surface area (Å²) in [5.41, 5.74) is 1.91. The van der Waals surface area contributed by atoms with E-state index < -0.39 is 0 Å². The van der Waals surface area contributed by atoms with E-state index >= 15 is 0 Å². The molecule has 0 radical (unpaired) electrons. The van der Waals surface area contributed by atoms with E-state index in [9.17, 15) is 4.79 Å². The van der Waals surface area contributed by atoms with Crippen LogP contribution in [0.4, 0.5) is 0 Å². The van der Waals surface area contributed by atoms with Crippen LogP contribution in [0.3, 0.4) is 0 Å². The number of halogens is 1. The summed E-state index contributed by atoms with van der Waals surface area (Å²) < 4.78 is 0. The lowest BCUT2D eigenvalue weighted by Gasteiger charge is -2.24. The van der Waals surface area contributed by atoms with E-state index in [-0.39, 0.29) is 11.3 Å². The number of alkyl halides is 1. The van der Waals surface area contributed by atoms with Gasteiger partial charge in [-0.15, -0.1) is 0 Å². The Bertz CT molecular complexity index is 388. The molecule has 0 aliphatic heterocycles. The summed E-state index contributed by atoms with van der Waals surface area (Å²) in [7, 11) is 0. The van der Waals surface area contributed by atoms with Gasteiger partial charge in [0.1, 0.15) is 0 Å². The van der Waals surface area contributed by atoms with Gasteiger partial charge in [-0.05, 0) is 30.4 Å². The first-order chi connectivity index (χ1) is 7.96. The van der Waals surface area contributed by atoms with Gasteiger partial charge in [-0.2, -0.15) is 0 Å². The number of hydrogen-bond donors (Lipinski definition) is 1. The highest BCUT2D eigenvalue weighted by molar-refractivity contribution is 9.09. The van der Waals surface area contributed by atoms with Crippen LogP contribution in [-0.4, -0.2) is 17.8 Å². The van der Waals surface area contributed by atoms with Gasteiger partial charge >= 0.3 is 0 Å². The summed E-state index contributed by atoms with van der Waals surface area (Å²) in [6.07, 6.45) is 1.04. The van der Waals surface area contributed by atoms with Crippen LogP contribution in [-0.2, 0) is 0 Å². The second-order valence-electron chi connectivity index (χ2n) is 5.10. The first-order valence-corrected chi connectivity index (χ1v) is 6.98. The van der Waals surface area contributed by atoms with Crippen LogP contribution in [0.2, 0.25) is 0 Å². The molecule has 1 aromatic rings. The first kappa shape index (κ1) is 14.2. The molecule has 0 aromatic heterocycles. The molecule has 0 saturated heterocycles. The third-order valence-corrected chi connectivity index (χ3v) is 3.28. The van der Waals surface area contributed by atoms with E-state index in [1.165, 1.54) is 0 Å². The maximum atomic E-state index is 12.0. The third-order valence-electron chi connectivity index (χ3n) is 2.89. The number of hydrogen-bond acceptors (Lipinski definition) is 1. The van der Waals surface area contributed by atoms with Crippen molar-refractivity contribution >= 4 is 21.8 Å². The van der Waals surface area contributed by atoms with Gasteiger partial charge in [-0.1, -0.05) is 48.0 Å². The number of nitrogens with one attached hydrogen (secondary N) is 1. The standard InChI is InChI=1S/C14H20BrNO/c1-11-6-4-5-7-12(11)13(17)16-10-14(2,3)8-9-15/h4-7H,8-10H2,1-3H3,(H,16,17). The Kier molecular flexibility index (Phi) is 5.19. The number of rotatable bonds is 5. The van der Waals surface area contributed by atoms with Crippen molar-refractivity contribution in [2.75, 3.05) is 11.9 Å². The van der Waals surface area contributed by atoms with Gasteiger partial charge in [0, 0.05) is 17.4 Å². The molecule has 0 aliphatic rings. The molecule has 3 heteroatoms. The largest absolute Gasteiger partial charge is 0.351 e. The van der Waals surface area contributed by atoms with Crippen LogP contribution in [0.1, 0.15) is 36.2 Å². The molecule has 0 aliphatic carbocycles. The first-order valence-electron chi connectivity index (χ1n) is 5.86. The highest BCUT2D eigenvalue weighted by atomic mass is 79.9. The number of carbonyl (C=O) groups excluding carboxylic acids is 1. The Labute approximate surface area is 112 Å². The molecule has 0 atom stereocenters. The maximum Gasteiger partial charge on any atom is 0.251 e. The van der Waals surface area contributed by atoms with E-state index in [2.05, 4.69) is 35.1 Å². The predicted octanol–water partition coefficient (Wildman–Crippen LogP) is 3.54. The van der Waals surface area contributed by atoms with Crippen molar-refractivity contribution in [3.8, 4) is 0 Å². The zero-order valence-corrected chi connectivity index (χ0v) is 12.3. The zero-order valence-electron chi connectivity index (χ0n) is 10.7. The lowest BCUT2D eigenvalue weighted by molar-refractivity contribution is 0.0935. The monoisotopic (exact) mass is 297 g/mol. The number of carbonyl (C=O) groups is 1. The molecule has 0 spiro atoms. The fraction of sp³-hybridized carbons (Fsp3) is 0.500. The molecule has 1 rings (SSSR count). The molecular weight excluding hydrogens is 278 g/mol. The number of benzene rings is 1. The molecule has 1 aromatic carbocycles. The van der Waals surface area contributed by atoms with Crippen LogP contribution in [0, 0.1) is 12.3 Å². The van der Waals surface area contributed by atoms with Crippen LogP contribution >= 0.6 is 15.9 Å². The second-order valence-corrected chi connectivity index (χ2v) is 5.89. The Morgan fingerprint density at radius 3 is 2.59 bits per heavy atom. The van der Waals surface area contributed by atoms with Crippen molar-refractivity contribution in [2.24, 2.45) is 5.41 Å². The summed E-state index contributed by atoms with van der Waals surface area (Å²) in [5, 5.41) is 3.96. The smallest absolute Gasteiger partial charge is 0.251 e. The average Bonchev–Trinajstić information content (AvgIpc) is 2.27. The fourth-order valence-corrected chi connectivity index (χ4v) is 2.66. The van der Waals surface area contributed by atoms with Crippen molar-refractivity contribution in [1.82, 2.24) is 5.32 Å². The molecule has 0 heterocycles. The molecule has 0 fully saturated rings. The molecule has 1 N–H and O–H groups in total. The molecule has 0 saturated carbocycles. The molecule has 94 valence electrons. The molecule has 1 amide bonds. The number of aryl methyl sites for hydroxylation is 1. The van der Waals surface area contributed by atoms with E-state index in [0.717, 1.165) is 22.9 Å². The summed E-state index contributed by atoms with van der Waals surface area (Å²) in [6.45, 7) is 6.98. The number of amides is 1. The zero-order chi connectivity index (χ0) is 12.9. The predicted molar refractivity (Wildman–Crippen MR) is 75.7 cm³/mol. The molecule has 0 unspecified atom stereocenters. The second kappa shape index (κ2) is 6.20. The van der Waals surface area contributed by atoms with Crippen molar-refractivity contribution < 1.29 is 4.79 Å². The van der Waals surface area contributed by atoms with Gasteiger partial charge < -0.3 is 5.32 Å². The van der Waals surface area contributed by atoms with Crippen molar-refractivity contribution in [2.45, 2.75) is 27.2 Å². The Hall–Kier alpha value is -0.830. The maximum absolute atomic E-state index is 12.0. The molecule has 0 bridgehead atoms. The molecule has 2 nitrogen and oxygen atoms in total. The minimum Gasteiger partial charge on any atom is -0.351 e. The fourth-order valence-electron chi connectivity index (χ4n) is 1.59.